The van der Waals surface area contributed by atoms with Gasteiger partial charge in [-0.05, 0) is 12.1 Å². The van der Waals surface area contributed by atoms with E-state index in [0.717, 1.165) is 0 Å². The molecule has 0 aliphatic carbocycles. The lowest BCUT2D eigenvalue weighted by molar-refractivity contribution is -0.121. The van der Waals surface area contributed by atoms with Crippen molar-refractivity contribution in [1.82, 2.24) is 5.43 Å². The van der Waals surface area contributed by atoms with Crippen molar-refractivity contribution in [3.63, 3.8) is 0 Å². The molecule has 1 aromatic rings. The van der Waals surface area contributed by atoms with Gasteiger partial charge in [-0.1, -0.05) is 17.7 Å². The first kappa shape index (κ1) is 12.5. The summed E-state index contributed by atoms with van der Waals surface area (Å²) in [6.45, 7) is 0.0843. The van der Waals surface area contributed by atoms with Gasteiger partial charge >= 0.3 is 0 Å². The van der Waals surface area contributed by atoms with Crippen LogP contribution in [0.2, 0.25) is 5.02 Å². The lowest BCUT2D eigenvalue weighted by Crippen LogP contribution is -2.36. The number of nitrogens with two attached hydrogens (primary N) is 1. The van der Waals surface area contributed by atoms with Crippen LogP contribution < -0.4 is 16.2 Å². The number of halogens is 1. The van der Waals surface area contributed by atoms with Gasteiger partial charge < -0.3 is 4.90 Å². The van der Waals surface area contributed by atoms with Crippen LogP contribution >= 0.6 is 11.6 Å². The maximum Gasteiger partial charge on any atom is 0.299 e. The Labute approximate surface area is 108 Å². The van der Waals surface area contributed by atoms with Gasteiger partial charge in [0.2, 0.25) is 5.91 Å². The van der Waals surface area contributed by atoms with E-state index in [2.05, 4.69) is 0 Å². The quantitative estimate of drug-likeness (QED) is 0.355. The summed E-state index contributed by atoms with van der Waals surface area (Å²) in [6, 6.07) is 4.80. The Balaban J connectivity index is 2.29. The molecule has 3 N–H and O–H groups in total. The number of ketones is 1. The molecule has 2 amide bonds. The van der Waals surface area contributed by atoms with E-state index in [1.807, 2.05) is 5.43 Å². The molecule has 7 heteroatoms. The third-order valence-electron chi connectivity index (χ3n) is 2.67. The molecule has 94 valence electrons. The van der Waals surface area contributed by atoms with Crippen LogP contribution in [0.4, 0.5) is 5.69 Å². The second kappa shape index (κ2) is 4.75. The number of rotatable bonds is 3. The molecule has 0 atom stereocenters. The second-order valence-electron chi connectivity index (χ2n) is 3.74. The zero-order valence-corrected chi connectivity index (χ0v) is 10.0. The molecule has 2 rings (SSSR count). The Morgan fingerprint density at radius 1 is 1.39 bits per heavy atom. The van der Waals surface area contributed by atoms with Crippen molar-refractivity contribution < 1.29 is 14.4 Å². The molecule has 0 radical (unpaired) electrons. The zero-order chi connectivity index (χ0) is 13.3. The average molecular weight is 268 g/mol. The van der Waals surface area contributed by atoms with Gasteiger partial charge in [-0.25, -0.2) is 5.84 Å². The Kier molecular flexibility index (Phi) is 3.31. The Morgan fingerprint density at radius 3 is 2.78 bits per heavy atom. The number of benzene rings is 1. The lowest BCUT2D eigenvalue weighted by Gasteiger charge is -2.15. The molecule has 1 aliphatic heterocycles. The average Bonchev–Trinajstić information content (AvgIpc) is 2.61. The number of amides is 2. The van der Waals surface area contributed by atoms with E-state index in [0.29, 0.717) is 5.69 Å². The minimum atomic E-state index is -0.678. The monoisotopic (exact) mass is 267 g/mol. The van der Waals surface area contributed by atoms with Crippen molar-refractivity contribution in [1.29, 1.82) is 0 Å². The van der Waals surface area contributed by atoms with Crippen LogP contribution in [0.25, 0.3) is 0 Å². The molecule has 0 saturated carbocycles. The predicted molar refractivity (Wildman–Crippen MR) is 65.1 cm³/mol. The molecule has 0 fully saturated rings. The Bertz CT molecular complexity index is 544. The molecule has 1 aromatic carbocycles. The number of anilines is 1. The fourth-order valence-corrected chi connectivity index (χ4v) is 2.06. The molecule has 18 heavy (non-hydrogen) atoms. The number of nitrogens with zero attached hydrogens (tertiary/aromatic N) is 1. The zero-order valence-electron chi connectivity index (χ0n) is 9.27. The second-order valence-corrected chi connectivity index (χ2v) is 4.14. The summed E-state index contributed by atoms with van der Waals surface area (Å²) >= 11 is 5.89. The molecular formula is C11H10ClN3O3. The highest BCUT2D eigenvalue weighted by Gasteiger charge is 2.37. The summed E-state index contributed by atoms with van der Waals surface area (Å²) in [5, 5.41) is 0.233. The molecule has 0 aromatic heterocycles. The van der Waals surface area contributed by atoms with E-state index in [1.165, 1.54) is 4.90 Å². The predicted octanol–water partition coefficient (Wildman–Crippen LogP) is 0.249. The van der Waals surface area contributed by atoms with Crippen LogP contribution in [0.1, 0.15) is 16.8 Å². The van der Waals surface area contributed by atoms with Crippen LogP contribution in [0.3, 0.4) is 0 Å². The summed E-state index contributed by atoms with van der Waals surface area (Å²) in [4.78, 5) is 35.8. The summed E-state index contributed by atoms with van der Waals surface area (Å²) < 4.78 is 0. The Morgan fingerprint density at radius 2 is 2.11 bits per heavy atom. The minimum absolute atomic E-state index is 0.0154. The summed E-state index contributed by atoms with van der Waals surface area (Å²) in [5.74, 6) is 3.21. The third kappa shape index (κ3) is 1.96. The first-order valence-corrected chi connectivity index (χ1v) is 5.58. The smallest absolute Gasteiger partial charge is 0.299 e. The lowest BCUT2D eigenvalue weighted by atomic mass is 10.1. The van der Waals surface area contributed by atoms with Crippen LogP contribution in [0, 0.1) is 0 Å². The number of nitrogens with one attached hydrogen (secondary N) is 1. The van der Waals surface area contributed by atoms with Gasteiger partial charge in [0.15, 0.2) is 0 Å². The number of carbonyl (C=O) groups excluding carboxylic acids is 3. The van der Waals surface area contributed by atoms with Gasteiger partial charge in [0.05, 0.1) is 16.3 Å². The fraction of sp³-hybridized carbons (Fsp3) is 0.182. The van der Waals surface area contributed by atoms with Crippen molar-refractivity contribution in [2.75, 3.05) is 11.4 Å². The van der Waals surface area contributed by atoms with Crippen molar-refractivity contribution in [3.05, 3.63) is 28.8 Å². The number of hydrogen-bond acceptors (Lipinski definition) is 4. The molecule has 0 unspecified atom stereocenters. The summed E-state index contributed by atoms with van der Waals surface area (Å²) in [5.41, 5.74) is 2.59. The van der Waals surface area contributed by atoms with Crippen molar-refractivity contribution in [3.8, 4) is 0 Å². The van der Waals surface area contributed by atoms with E-state index < -0.39 is 17.6 Å². The van der Waals surface area contributed by atoms with Gasteiger partial charge in [0.25, 0.3) is 11.7 Å². The van der Waals surface area contributed by atoms with Gasteiger partial charge in [0.1, 0.15) is 0 Å². The molecule has 6 nitrogen and oxygen atoms in total. The van der Waals surface area contributed by atoms with E-state index in [9.17, 15) is 14.4 Å². The number of Topliss-reactive ketones (excluding diaryl/α,β-unsaturated/α-hetero) is 1. The first-order chi connectivity index (χ1) is 8.56. The summed E-state index contributed by atoms with van der Waals surface area (Å²) in [7, 11) is 0. The van der Waals surface area contributed by atoms with E-state index >= 15 is 0 Å². The van der Waals surface area contributed by atoms with Gasteiger partial charge in [-0.15, -0.1) is 0 Å². The first-order valence-electron chi connectivity index (χ1n) is 5.20. The normalized spacial score (nSPS) is 13.8. The third-order valence-corrected chi connectivity index (χ3v) is 2.99. The highest BCUT2D eigenvalue weighted by atomic mass is 35.5. The van der Waals surface area contributed by atoms with E-state index in [-0.39, 0.29) is 23.6 Å². The number of fused-ring (bicyclic) bond motifs is 1. The topological polar surface area (TPSA) is 92.5 Å². The number of hydrogen-bond donors (Lipinski definition) is 2. The SMILES string of the molecule is NNC(=O)CCN1C(=O)C(=O)c2c(Cl)cccc21. The summed E-state index contributed by atoms with van der Waals surface area (Å²) in [6.07, 6.45) is 0.0154. The van der Waals surface area contributed by atoms with Crippen molar-refractivity contribution >= 4 is 34.9 Å². The Hall–Kier alpha value is -1.92. The molecule has 1 heterocycles. The van der Waals surface area contributed by atoms with Gasteiger partial charge in [0, 0.05) is 13.0 Å². The molecule has 0 spiro atoms. The highest BCUT2D eigenvalue weighted by molar-refractivity contribution is 6.55. The van der Waals surface area contributed by atoms with Crippen LogP contribution in [-0.4, -0.2) is 24.1 Å². The maximum absolute atomic E-state index is 11.8. The minimum Gasteiger partial charge on any atom is -0.304 e. The van der Waals surface area contributed by atoms with Gasteiger partial charge in [-0.2, -0.15) is 0 Å². The van der Waals surface area contributed by atoms with Crippen molar-refractivity contribution in [2.24, 2.45) is 5.84 Å². The molecule has 0 saturated heterocycles. The standard InChI is InChI=1S/C11H10ClN3O3/c12-6-2-1-3-7-9(6)10(17)11(18)15(7)5-4-8(16)14-13/h1-3H,4-5,13H2,(H,14,16). The molecule has 1 aliphatic rings. The largest absolute Gasteiger partial charge is 0.304 e. The number of carbonyl (C=O) groups is 3. The maximum atomic E-state index is 11.8. The highest BCUT2D eigenvalue weighted by Crippen LogP contribution is 2.33. The molecule has 0 bridgehead atoms. The fourth-order valence-electron chi connectivity index (χ4n) is 1.81. The number of hydrazine groups is 1. The van der Waals surface area contributed by atoms with Crippen molar-refractivity contribution in [2.45, 2.75) is 6.42 Å². The van der Waals surface area contributed by atoms with E-state index in [4.69, 9.17) is 17.4 Å². The van der Waals surface area contributed by atoms with E-state index in [1.54, 1.807) is 18.2 Å². The molecular weight excluding hydrogens is 258 g/mol. The van der Waals surface area contributed by atoms with Crippen LogP contribution in [0.5, 0.6) is 0 Å². The van der Waals surface area contributed by atoms with Crippen LogP contribution in [-0.2, 0) is 9.59 Å². The van der Waals surface area contributed by atoms with Gasteiger partial charge in [-0.3, -0.25) is 19.8 Å². The van der Waals surface area contributed by atoms with Crippen LogP contribution in [0.15, 0.2) is 18.2 Å².